The van der Waals surface area contributed by atoms with Crippen LogP contribution in [0.4, 0.5) is 0 Å². The summed E-state index contributed by atoms with van der Waals surface area (Å²) < 4.78 is 5.52. The molecule has 5 nitrogen and oxygen atoms in total. The highest BCUT2D eigenvalue weighted by atomic mass is 35.5. The van der Waals surface area contributed by atoms with Crippen molar-refractivity contribution in [1.82, 2.24) is 9.80 Å². The Bertz CT molecular complexity index is 591. The molecule has 2 aliphatic rings. The first-order chi connectivity index (χ1) is 12.1. The average Bonchev–Trinajstić information content (AvgIpc) is 2.67. The summed E-state index contributed by atoms with van der Waals surface area (Å²) in [7, 11) is 0. The van der Waals surface area contributed by atoms with E-state index in [0.29, 0.717) is 37.0 Å². The number of carbonyl (C=O) groups is 2. The normalized spacial score (nSPS) is 18.9. The van der Waals surface area contributed by atoms with Gasteiger partial charge in [0.25, 0.3) is 5.91 Å². The molecule has 1 heterocycles. The van der Waals surface area contributed by atoms with Crippen LogP contribution in [-0.2, 0) is 9.59 Å². The summed E-state index contributed by atoms with van der Waals surface area (Å²) in [4.78, 5) is 28.6. The number of amides is 2. The molecule has 1 saturated heterocycles. The quantitative estimate of drug-likeness (QED) is 0.825. The fraction of sp³-hybridized carbons (Fsp3) is 0.579. The van der Waals surface area contributed by atoms with Crippen LogP contribution in [0, 0.1) is 5.92 Å². The van der Waals surface area contributed by atoms with Gasteiger partial charge in [0.05, 0.1) is 0 Å². The lowest BCUT2D eigenvalue weighted by Gasteiger charge is -2.37. The monoisotopic (exact) mass is 364 g/mol. The summed E-state index contributed by atoms with van der Waals surface area (Å²) in [5.74, 6) is 1.07. The van der Waals surface area contributed by atoms with Gasteiger partial charge in [-0.05, 0) is 37.1 Å². The third-order valence-electron chi connectivity index (χ3n) is 5.07. The predicted octanol–water partition coefficient (Wildman–Crippen LogP) is 2.97. The van der Waals surface area contributed by atoms with Gasteiger partial charge >= 0.3 is 0 Å². The molecule has 2 amide bonds. The van der Waals surface area contributed by atoms with Crippen LogP contribution >= 0.6 is 11.6 Å². The van der Waals surface area contributed by atoms with Crippen LogP contribution in [0.2, 0.25) is 5.02 Å². The summed E-state index contributed by atoms with van der Waals surface area (Å²) in [5.41, 5.74) is 0. The maximum absolute atomic E-state index is 12.6. The van der Waals surface area contributed by atoms with Crippen molar-refractivity contribution >= 4 is 23.4 Å². The van der Waals surface area contributed by atoms with Gasteiger partial charge in [0, 0.05) is 37.1 Å². The summed E-state index contributed by atoms with van der Waals surface area (Å²) in [6, 6.07) is 6.96. The van der Waals surface area contributed by atoms with Crippen LogP contribution in [0.3, 0.4) is 0 Å². The molecule has 6 heteroatoms. The molecule has 1 saturated carbocycles. The third-order valence-corrected chi connectivity index (χ3v) is 5.33. The highest BCUT2D eigenvalue weighted by Gasteiger charge is 2.29. The summed E-state index contributed by atoms with van der Waals surface area (Å²) in [6.45, 7) is 2.44. The van der Waals surface area contributed by atoms with E-state index in [9.17, 15) is 9.59 Å². The average molecular weight is 365 g/mol. The van der Waals surface area contributed by atoms with E-state index in [-0.39, 0.29) is 24.3 Å². The van der Waals surface area contributed by atoms with Crippen molar-refractivity contribution in [2.75, 3.05) is 32.8 Å². The molecular weight excluding hydrogens is 340 g/mol. The number of rotatable bonds is 4. The standard InChI is InChI=1S/C19H25ClN2O3/c20-16-6-8-17(9-7-16)25-14-18(23)21-10-12-22(13-11-21)19(24)15-4-2-1-3-5-15/h6-9,15H,1-5,10-14H2. The Balaban J connectivity index is 1.42. The Kier molecular flexibility index (Phi) is 6.19. The van der Waals surface area contributed by atoms with Crippen LogP contribution in [0.1, 0.15) is 32.1 Å². The van der Waals surface area contributed by atoms with E-state index < -0.39 is 0 Å². The molecule has 1 aliphatic heterocycles. The maximum Gasteiger partial charge on any atom is 0.260 e. The lowest BCUT2D eigenvalue weighted by molar-refractivity contribution is -0.143. The topological polar surface area (TPSA) is 49.9 Å². The molecule has 0 bridgehead atoms. The van der Waals surface area contributed by atoms with Crippen molar-refractivity contribution in [2.45, 2.75) is 32.1 Å². The first-order valence-corrected chi connectivity index (χ1v) is 9.46. The van der Waals surface area contributed by atoms with Gasteiger partial charge < -0.3 is 14.5 Å². The first kappa shape index (κ1) is 18.1. The van der Waals surface area contributed by atoms with E-state index >= 15 is 0 Å². The Morgan fingerprint density at radius 2 is 1.56 bits per heavy atom. The smallest absolute Gasteiger partial charge is 0.260 e. The molecule has 1 aromatic carbocycles. The molecule has 1 aromatic rings. The minimum absolute atomic E-state index is 0.0121. The fourth-order valence-electron chi connectivity index (χ4n) is 3.55. The van der Waals surface area contributed by atoms with Gasteiger partial charge in [-0.2, -0.15) is 0 Å². The first-order valence-electron chi connectivity index (χ1n) is 9.08. The molecule has 0 unspecified atom stereocenters. The van der Waals surface area contributed by atoms with E-state index in [1.165, 1.54) is 6.42 Å². The van der Waals surface area contributed by atoms with Gasteiger partial charge in [-0.3, -0.25) is 9.59 Å². The van der Waals surface area contributed by atoms with Gasteiger partial charge in [0.15, 0.2) is 6.61 Å². The van der Waals surface area contributed by atoms with Crippen LogP contribution in [-0.4, -0.2) is 54.4 Å². The van der Waals surface area contributed by atoms with E-state index in [1.54, 1.807) is 29.2 Å². The van der Waals surface area contributed by atoms with Crippen LogP contribution in [0.15, 0.2) is 24.3 Å². The Morgan fingerprint density at radius 1 is 0.960 bits per heavy atom. The summed E-state index contributed by atoms with van der Waals surface area (Å²) in [5, 5.41) is 0.637. The second kappa shape index (κ2) is 8.56. The molecule has 0 radical (unpaired) electrons. The molecule has 0 spiro atoms. The molecule has 0 aromatic heterocycles. The van der Waals surface area contributed by atoms with E-state index in [0.717, 1.165) is 25.7 Å². The zero-order chi connectivity index (χ0) is 17.6. The lowest BCUT2D eigenvalue weighted by Crippen LogP contribution is -2.53. The number of hydrogen-bond donors (Lipinski definition) is 0. The zero-order valence-corrected chi connectivity index (χ0v) is 15.2. The lowest BCUT2D eigenvalue weighted by atomic mass is 9.88. The van der Waals surface area contributed by atoms with E-state index in [2.05, 4.69) is 0 Å². The van der Waals surface area contributed by atoms with Crippen molar-refractivity contribution in [2.24, 2.45) is 5.92 Å². The second-order valence-corrected chi connectivity index (χ2v) is 7.22. The molecule has 2 fully saturated rings. The van der Waals surface area contributed by atoms with Crippen molar-refractivity contribution in [1.29, 1.82) is 0 Å². The van der Waals surface area contributed by atoms with Crippen LogP contribution in [0.25, 0.3) is 0 Å². The highest BCUT2D eigenvalue weighted by Crippen LogP contribution is 2.25. The Morgan fingerprint density at radius 3 is 2.20 bits per heavy atom. The molecule has 0 atom stereocenters. The molecular formula is C19H25ClN2O3. The van der Waals surface area contributed by atoms with Gasteiger partial charge in [0.1, 0.15) is 5.75 Å². The number of ether oxygens (including phenoxy) is 1. The third kappa shape index (κ3) is 4.88. The van der Waals surface area contributed by atoms with E-state index in [1.807, 2.05) is 4.90 Å². The largest absolute Gasteiger partial charge is 0.484 e. The van der Waals surface area contributed by atoms with Gasteiger partial charge in [-0.25, -0.2) is 0 Å². The SMILES string of the molecule is O=C(COc1ccc(Cl)cc1)N1CCN(C(=O)C2CCCCC2)CC1. The zero-order valence-electron chi connectivity index (χ0n) is 14.5. The molecule has 3 rings (SSSR count). The predicted molar refractivity (Wildman–Crippen MR) is 96.7 cm³/mol. The van der Waals surface area contributed by atoms with Crippen molar-refractivity contribution < 1.29 is 14.3 Å². The number of nitrogens with zero attached hydrogens (tertiary/aromatic N) is 2. The van der Waals surface area contributed by atoms with Crippen molar-refractivity contribution in [3.8, 4) is 5.75 Å². The van der Waals surface area contributed by atoms with Crippen molar-refractivity contribution in [3.05, 3.63) is 29.3 Å². The van der Waals surface area contributed by atoms with Crippen LogP contribution < -0.4 is 4.74 Å². The fourth-order valence-corrected chi connectivity index (χ4v) is 3.68. The van der Waals surface area contributed by atoms with Gasteiger partial charge in [0.2, 0.25) is 5.91 Å². The van der Waals surface area contributed by atoms with Crippen molar-refractivity contribution in [3.63, 3.8) is 0 Å². The second-order valence-electron chi connectivity index (χ2n) is 6.78. The number of piperazine rings is 1. The maximum atomic E-state index is 12.6. The van der Waals surface area contributed by atoms with E-state index in [4.69, 9.17) is 16.3 Å². The van der Waals surface area contributed by atoms with Crippen LogP contribution in [0.5, 0.6) is 5.75 Å². The number of hydrogen-bond acceptors (Lipinski definition) is 3. The molecule has 0 N–H and O–H groups in total. The summed E-state index contributed by atoms with van der Waals surface area (Å²) in [6.07, 6.45) is 5.62. The minimum Gasteiger partial charge on any atom is -0.484 e. The number of halogens is 1. The minimum atomic E-state index is -0.0419. The van der Waals surface area contributed by atoms with Gasteiger partial charge in [-0.15, -0.1) is 0 Å². The summed E-state index contributed by atoms with van der Waals surface area (Å²) >= 11 is 5.83. The Labute approximate surface area is 153 Å². The molecule has 136 valence electrons. The Hall–Kier alpha value is -1.75. The molecule has 1 aliphatic carbocycles. The molecule has 25 heavy (non-hydrogen) atoms. The van der Waals surface area contributed by atoms with Gasteiger partial charge in [-0.1, -0.05) is 30.9 Å². The highest BCUT2D eigenvalue weighted by molar-refractivity contribution is 6.30. The number of benzene rings is 1. The number of carbonyl (C=O) groups excluding carboxylic acids is 2.